The smallest absolute Gasteiger partial charge is 0.282 e. The maximum Gasteiger partial charge on any atom is 0.282 e. The number of carbonyl (C=O) groups excluding carboxylic acids is 2. The van der Waals surface area contributed by atoms with Crippen LogP contribution in [0.15, 0.2) is 30.3 Å². The van der Waals surface area contributed by atoms with Crippen LogP contribution in [0.1, 0.15) is 25.8 Å². The third-order valence-electron chi connectivity index (χ3n) is 4.82. The van der Waals surface area contributed by atoms with Gasteiger partial charge in [-0.25, -0.2) is 0 Å². The highest BCUT2D eigenvalue weighted by Crippen LogP contribution is 2.12. The molecule has 0 radical (unpaired) electrons. The van der Waals surface area contributed by atoms with Gasteiger partial charge in [0.05, 0.1) is 6.42 Å². The highest BCUT2D eigenvalue weighted by Gasteiger charge is 2.31. The molecule has 28 heavy (non-hydrogen) atoms. The van der Waals surface area contributed by atoms with Crippen LogP contribution in [0.4, 0.5) is 0 Å². The summed E-state index contributed by atoms with van der Waals surface area (Å²) >= 11 is 0. The van der Waals surface area contributed by atoms with E-state index < -0.39 is 10.2 Å². The zero-order valence-corrected chi connectivity index (χ0v) is 17.5. The van der Waals surface area contributed by atoms with Crippen molar-refractivity contribution in [2.24, 2.45) is 0 Å². The van der Waals surface area contributed by atoms with Crippen molar-refractivity contribution in [3.8, 4) is 0 Å². The number of amides is 2. The van der Waals surface area contributed by atoms with E-state index >= 15 is 0 Å². The third kappa shape index (κ3) is 6.02. The molecule has 1 N–H and O–H groups in total. The molecule has 2 rings (SSSR count). The largest absolute Gasteiger partial charge is 0.355 e. The molecule has 1 aliphatic rings. The average molecular weight is 411 g/mol. The number of carbonyl (C=O) groups is 2. The standard InChI is InChI=1S/C19H30N4O4S/c1-3-22(4-2)28(26,27)23-14-12-21(13-15-23)19(25)10-11-20-18(24)16-17-8-6-5-7-9-17/h5-9H,3-4,10-16H2,1-2H3,(H,20,24). The van der Waals surface area contributed by atoms with E-state index in [1.165, 1.54) is 8.61 Å². The highest BCUT2D eigenvalue weighted by molar-refractivity contribution is 7.86. The van der Waals surface area contributed by atoms with Crippen molar-refractivity contribution in [3.63, 3.8) is 0 Å². The van der Waals surface area contributed by atoms with Gasteiger partial charge in [0, 0.05) is 52.2 Å². The Morgan fingerprint density at radius 2 is 1.64 bits per heavy atom. The molecule has 0 aliphatic carbocycles. The van der Waals surface area contributed by atoms with Crippen LogP contribution in [0.5, 0.6) is 0 Å². The van der Waals surface area contributed by atoms with E-state index in [4.69, 9.17) is 0 Å². The molecule has 8 nitrogen and oxygen atoms in total. The van der Waals surface area contributed by atoms with Crippen LogP contribution in [-0.4, -0.2) is 79.6 Å². The Labute approximate surface area is 167 Å². The van der Waals surface area contributed by atoms with Gasteiger partial charge in [-0.2, -0.15) is 17.0 Å². The summed E-state index contributed by atoms with van der Waals surface area (Å²) < 4.78 is 27.9. The lowest BCUT2D eigenvalue weighted by Gasteiger charge is -2.36. The van der Waals surface area contributed by atoms with Gasteiger partial charge < -0.3 is 10.2 Å². The minimum Gasteiger partial charge on any atom is -0.355 e. The number of hydrogen-bond acceptors (Lipinski definition) is 4. The van der Waals surface area contributed by atoms with Crippen molar-refractivity contribution in [3.05, 3.63) is 35.9 Å². The summed E-state index contributed by atoms with van der Waals surface area (Å²) in [5.41, 5.74) is 0.928. The van der Waals surface area contributed by atoms with Crippen molar-refractivity contribution in [2.45, 2.75) is 26.7 Å². The lowest BCUT2D eigenvalue weighted by molar-refractivity contribution is -0.132. The molecule has 156 valence electrons. The predicted molar refractivity (Wildman–Crippen MR) is 108 cm³/mol. The van der Waals surface area contributed by atoms with Gasteiger partial charge in [0.1, 0.15) is 0 Å². The Kier molecular flexibility index (Phi) is 8.40. The summed E-state index contributed by atoms with van der Waals surface area (Å²) in [4.78, 5) is 25.9. The molecule has 0 bridgehead atoms. The Morgan fingerprint density at radius 1 is 1.04 bits per heavy atom. The number of nitrogens with zero attached hydrogens (tertiary/aromatic N) is 3. The van der Waals surface area contributed by atoms with E-state index in [0.29, 0.717) is 39.3 Å². The molecule has 0 saturated carbocycles. The molecule has 9 heteroatoms. The maximum absolute atomic E-state index is 12.5. The molecule has 0 aromatic heterocycles. The fourth-order valence-corrected chi connectivity index (χ4v) is 4.80. The molecule has 2 amide bonds. The molecule has 1 heterocycles. The van der Waals surface area contributed by atoms with E-state index in [0.717, 1.165) is 5.56 Å². The number of hydrogen-bond donors (Lipinski definition) is 1. The van der Waals surface area contributed by atoms with Crippen LogP contribution in [0, 0.1) is 0 Å². The second-order valence-electron chi connectivity index (χ2n) is 6.63. The Bertz CT molecular complexity index is 742. The van der Waals surface area contributed by atoms with Crippen LogP contribution in [0.2, 0.25) is 0 Å². The first-order valence-corrected chi connectivity index (χ1v) is 11.1. The first-order chi connectivity index (χ1) is 13.4. The third-order valence-corrected chi connectivity index (χ3v) is 7.00. The van der Waals surface area contributed by atoms with Crippen molar-refractivity contribution in [1.82, 2.24) is 18.8 Å². The summed E-state index contributed by atoms with van der Waals surface area (Å²) in [6, 6.07) is 9.43. The normalized spacial score (nSPS) is 15.6. The van der Waals surface area contributed by atoms with E-state index in [2.05, 4.69) is 5.32 Å². The summed E-state index contributed by atoms with van der Waals surface area (Å²) in [6.07, 6.45) is 0.500. The molecular weight excluding hydrogens is 380 g/mol. The minimum atomic E-state index is -3.46. The van der Waals surface area contributed by atoms with Crippen molar-refractivity contribution < 1.29 is 18.0 Å². The Balaban J connectivity index is 1.73. The monoisotopic (exact) mass is 410 g/mol. The molecule has 1 fully saturated rings. The quantitative estimate of drug-likeness (QED) is 0.641. The van der Waals surface area contributed by atoms with Gasteiger partial charge in [-0.1, -0.05) is 44.2 Å². The topological polar surface area (TPSA) is 90.0 Å². The maximum atomic E-state index is 12.5. The number of piperazine rings is 1. The fraction of sp³-hybridized carbons (Fsp3) is 0.579. The number of nitrogens with one attached hydrogen (secondary N) is 1. The van der Waals surface area contributed by atoms with Crippen molar-refractivity contribution in [1.29, 1.82) is 0 Å². The molecular formula is C19H30N4O4S. The molecule has 0 atom stereocenters. The average Bonchev–Trinajstić information content (AvgIpc) is 2.69. The van der Waals surface area contributed by atoms with Gasteiger partial charge in [-0.15, -0.1) is 0 Å². The zero-order valence-electron chi connectivity index (χ0n) is 16.6. The highest BCUT2D eigenvalue weighted by atomic mass is 32.2. The van der Waals surface area contributed by atoms with Gasteiger partial charge >= 0.3 is 0 Å². The van der Waals surface area contributed by atoms with Gasteiger partial charge in [0.15, 0.2) is 0 Å². The number of rotatable bonds is 9. The molecule has 1 aromatic carbocycles. The van der Waals surface area contributed by atoms with E-state index in [-0.39, 0.29) is 31.2 Å². The molecule has 1 aromatic rings. The lowest BCUT2D eigenvalue weighted by Crippen LogP contribution is -2.54. The van der Waals surface area contributed by atoms with E-state index in [9.17, 15) is 18.0 Å². The van der Waals surface area contributed by atoms with Crippen LogP contribution >= 0.6 is 0 Å². The van der Waals surface area contributed by atoms with Gasteiger partial charge in [0.25, 0.3) is 10.2 Å². The predicted octanol–water partition coefficient (Wildman–Crippen LogP) is 0.466. The summed E-state index contributed by atoms with van der Waals surface area (Å²) in [5.74, 6) is -0.186. The van der Waals surface area contributed by atoms with E-state index in [1.807, 2.05) is 44.2 Å². The summed E-state index contributed by atoms with van der Waals surface area (Å²) in [5, 5.41) is 2.76. The SMILES string of the molecule is CCN(CC)S(=O)(=O)N1CCN(C(=O)CCNC(=O)Cc2ccccc2)CC1. The Hall–Kier alpha value is -1.97. The fourth-order valence-electron chi connectivity index (χ4n) is 3.19. The van der Waals surface area contributed by atoms with Crippen LogP contribution < -0.4 is 5.32 Å². The second kappa shape index (κ2) is 10.5. The summed E-state index contributed by atoms with van der Waals surface area (Å²) in [7, 11) is -3.46. The van der Waals surface area contributed by atoms with Gasteiger partial charge in [-0.05, 0) is 5.56 Å². The first-order valence-electron chi connectivity index (χ1n) is 9.72. The first kappa shape index (κ1) is 22.3. The van der Waals surface area contributed by atoms with Crippen molar-refractivity contribution in [2.75, 3.05) is 45.8 Å². The minimum absolute atomic E-state index is 0.0695. The number of benzene rings is 1. The molecule has 0 spiro atoms. The molecule has 1 saturated heterocycles. The van der Waals surface area contributed by atoms with Gasteiger partial charge in [0.2, 0.25) is 11.8 Å². The van der Waals surface area contributed by atoms with Crippen LogP contribution in [0.25, 0.3) is 0 Å². The van der Waals surface area contributed by atoms with E-state index in [1.54, 1.807) is 4.90 Å². The second-order valence-corrected chi connectivity index (χ2v) is 8.56. The summed E-state index contributed by atoms with van der Waals surface area (Å²) in [6.45, 7) is 6.11. The lowest BCUT2D eigenvalue weighted by atomic mass is 10.1. The van der Waals surface area contributed by atoms with Crippen molar-refractivity contribution >= 4 is 22.0 Å². The molecule has 0 unspecified atom stereocenters. The zero-order chi connectivity index (χ0) is 20.6. The van der Waals surface area contributed by atoms with Crippen LogP contribution in [0.3, 0.4) is 0 Å². The molecule has 1 aliphatic heterocycles. The Morgan fingerprint density at radius 3 is 2.21 bits per heavy atom. The van der Waals surface area contributed by atoms with Gasteiger partial charge in [-0.3, -0.25) is 9.59 Å². The van der Waals surface area contributed by atoms with Crippen LogP contribution in [-0.2, 0) is 26.2 Å².